The van der Waals surface area contributed by atoms with Gasteiger partial charge in [0.2, 0.25) is 0 Å². The zero-order valence-corrected chi connectivity index (χ0v) is 5.92. The molecule has 0 aromatic carbocycles. The monoisotopic (exact) mass is 162 g/mol. The maximum absolute atomic E-state index is 11.9. The van der Waals surface area contributed by atoms with Crippen LogP contribution in [0.1, 0.15) is 17.4 Å². The smallest absolute Gasteiger partial charge is 0.271 e. The van der Waals surface area contributed by atoms with Crippen LogP contribution in [0.25, 0.3) is 0 Å². The topological polar surface area (TPSA) is 33.4 Å². The Morgan fingerprint density at radius 1 is 1.55 bits per heavy atom. The molecule has 1 aromatic heterocycles. The minimum Gasteiger partial charge on any atom is -0.466 e. The van der Waals surface area contributed by atoms with Gasteiger partial charge in [0, 0.05) is 0 Å². The van der Waals surface area contributed by atoms with E-state index in [1.807, 2.05) is 0 Å². The molecular formula is C7H8F2O2. The van der Waals surface area contributed by atoms with Gasteiger partial charge < -0.3 is 9.52 Å². The molecule has 0 aliphatic heterocycles. The van der Waals surface area contributed by atoms with E-state index in [2.05, 4.69) is 4.42 Å². The zero-order chi connectivity index (χ0) is 8.43. The van der Waals surface area contributed by atoms with E-state index < -0.39 is 12.5 Å². The summed E-state index contributed by atoms with van der Waals surface area (Å²) in [5.74, 6) is -0.0556. The first-order chi connectivity index (χ1) is 5.13. The van der Waals surface area contributed by atoms with Crippen LogP contribution in [0.4, 0.5) is 8.78 Å². The minimum atomic E-state index is -2.79. The second-order valence-electron chi connectivity index (χ2n) is 2.25. The van der Waals surface area contributed by atoms with Gasteiger partial charge in [0.1, 0.15) is 5.76 Å². The van der Waals surface area contributed by atoms with Crippen LogP contribution >= 0.6 is 0 Å². The van der Waals surface area contributed by atoms with Crippen molar-refractivity contribution in [1.82, 2.24) is 0 Å². The highest BCUT2D eigenvalue weighted by molar-refractivity contribution is 5.17. The summed E-state index contributed by atoms with van der Waals surface area (Å²) in [5, 5.41) is 8.82. The van der Waals surface area contributed by atoms with Gasteiger partial charge in [-0.1, -0.05) is 0 Å². The van der Waals surface area contributed by atoms with Crippen molar-refractivity contribution in [3.63, 3.8) is 0 Å². The van der Waals surface area contributed by atoms with Gasteiger partial charge in [0.05, 0.1) is 6.26 Å². The third-order valence-corrected chi connectivity index (χ3v) is 1.41. The molecule has 0 fully saturated rings. The number of halogens is 2. The third-order valence-electron chi connectivity index (χ3n) is 1.41. The molecule has 11 heavy (non-hydrogen) atoms. The first kappa shape index (κ1) is 8.20. The van der Waals surface area contributed by atoms with E-state index in [-0.39, 0.29) is 5.76 Å². The number of aliphatic hydroxyl groups is 1. The number of hydrogen-bond acceptors (Lipinski definition) is 2. The zero-order valence-electron chi connectivity index (χ0n) is 5.92. The number of alkyl halides is 2. The predicted molar refractivity (Wildman–Crippen MR) is 34.4 cm³/mol. The van der Waals surface area contributed by atoms with Crippen LogP contribution in [0.5, 0.6) is 0 Å². The van der Waals surface area contributed by atoms with Crippen molar-refractivity contribution in [1.29, 1.82) is 0 Å². The first-order valence-electron chi connectivity index (χ1n) is 3.13. The van der Waals surface area contributed by atoms with Crippen molar-refractivity contribution in [3.8, 4) is 0 Å². The molecule has 1 rings (SSSR count). The van der Waals surface area contributed by atoms with E-state index in [9.17, 15) is 8.78 Å². The fourth-order valence-corrected chi connectivity index (χ4v) is 0.802. The minimum absolute atomic E-state index is 0.0556. The van der Waals surface area contributed by atoms with Crippen molar-refractivity contribution in [2.45, 2.75) is 19.5 Å². The fourth-order valence-electron chi connectivity index (χ4n) is 0.802. The maximum Gasteiger partial charge on any atom is 0.271 e. The fraction of sp³-hybridized carbons (Fsp3) is 0.429. The second-order valence-corrected chi connectivity index (χ2v) is 2.25. The molecule has 0 aliphatic carbocycles. The summed E-state index contributed by atoms with van der Waals surface area (Å²) in [6.45, 7) is 1.60. The van der Waals surface area contributed by atoms with Crippen LogP contribution in [-0.4, -0.2) is 11.5 Å². The van der Waals surface area contributed by atoms with Gasteiger partial charge in [-0.25, -0.2) is 8.78 Å². The number of rotatable bonds is 2. The molecule has 0 spiro atoms. The van der Waals surface area contributed by atoms with Crippen LogP contribution < -0.4 is 0 Å². The molecule has 1 heterocycles. The molecule has 1 atom stereocenters. The molecule has 4 heteroatoms. The Bertz CT molecular complexity index is 232. The second kappa shape index (κ2) is 3.00. The number of hydrogen-bond donors (Lipinski definition) is 1. The van der Waals surface area contributed by atoms with E-state index in [0.29, 0.717) is 5.56 Å². The normalized spacial score (nSPS) is 13.9. The van der Waals surface area contributed by atoms with Gasteiger partial charge in [-0.15, -0.1) is 0 Å². The Morgan fingerprint density at radius 2 is 2.18 bits per heavy atom. The number of aliphatic hydroxyl groups excluding tert-OH is 1. The lowest BCUT2D eigenvalue weighted by molar-refractivity contribution is -0.0181. The van der Waals surface area contributed by atoms with Gasteiger partial charge in [-0.3, -0.25) is 0 Å². The molecule has 0 amide bonds. The van der Waals surface area contributed by atoms with Crippen molar-refractivity contribution >= 4 is 0 Å². The summed E-state index contributed by atoms with van der Waals surface area (Å²) in [6, 6.07) is 1.53. The van der Waals surface area contributed by atoms with Gasteiger partial charge in [0.25, 0.3) is 6.43 Å². The summed E-state index contributed by atoms with van der Waals surface area (Å²) in [7, 11) is 0. The van der Waals surface area contributed by atoms with E-state index in [4.69, 9.17) is 5.11 Å². The van der Waals surface area contributed by atoms with E-state index >= 15 is 0 Å². The standard InChI is InChI=1S/C7H8F2O2/c1-4-2-3-11-6(4)5(10)7(8)9/h2-3,5,7,10H,1H3. The molecule has 1 aromatic rings. The van der Waals surface area contributed by atoms with Crippen molar-refractivity contribution in [2.75, 3.05) is 0 Å². The van der Waals surface area contributed by atoms with Crippen molar-refractivity contribution in [2.24, 2.45) is 0 Å². The van der Waals surface area contributed by atoms with Gasteiger partial charge in [-0.2, -0.15) is 0 Å². The van der Waals surface area contributed by atoms with Gasteiger partial charge in [-0.05, 0) is 18.6 Å². The molecule has 0 radical (unpaired) electrons. The Morgan fingerprint density at radius 3 is 2.55 bits per heavy atom. The van der Waals surface area contributed by atoms with Crippen molar-refractivity contribution < 1.29 is 18.3 Å². The van der Waals surface area contributed by atoms with Crippen molar-refractivity contribution in [3.05, 3.63) is 23.7 Å². The lowest BCUT2D eigenvalue weighted by Gasteiger charge is -2.06. The molecule has 1 unspecified atom stereocenters. The van der Waals surface area contributed by atoms with Crippen LogP contribution in [0, 0.1) is 6.92 Å². The quantitative estimate of drug-likeness (QED) is 0.720. The SMILES string of the molecule is Cc1ccoc1C(O)C(F)F. The highest BCUT2D eigenvalue weighted by Gasteiger charge is 2.23. The highest BCUT2D eigenvalue weighted by Crippen LogP contribution is 2.23. The molecule has 1 N–H and O–H groups in total. The summed E-state index contributed by atoms with van der Waals surface area (Å²) in [6.07, 6.45) is -3.32. The summed E-state index contributed by atoms with van der Waals surface area (Å²) < 4.78 is 28.4. The van der Waals surface area contributed by atoms with Crippen LogP contribution in [0.15, 0.2) is 16.7 Å². The molecular weight excluding hydrogens is 154 g/mol. The average Bonchev–Trinajstić information content (AvgIpc) is 2.33. The van der Waals surface area contributed by atoms with E-state index in [1.54, 1.807) is 6.92 Å². The lowest BCUT2D eigenvalue weighted by Crippen LogP contribution is -2.07. The Balaban J connectivity index is 2.84. The summed E-state index contributed by atoms with van der Waals surface area (Å²) in [5.41, 5.74) is 0.540. The first-order valence-corrected chi connectivity index (χ1v) is 3.13. The van der Waals surface area contributed by atoms with Gasteiger partial charge in [0.15, 0.2) is 6.10 Å². The Hall–Kier alpha value is -0.900. The maximum atomic E-state index is 11.9. The number of aryl methyl sites for hydroxylation is 1. The summed E-state index contributed by atoms with van der Waals surface area (Å²) >= 11 is 0. The van der Waals surface area contributed by atoms with Crippen LogP contribution in [0.2, 0.25) is 0 Å². The Kier molecular flexibility index (Phi) is 2.24. The van der Waals surface area contributed by atoms with Gasteiger partial charge >= 0.3 is 0 Å². The molecule has 0 saturated heterocycles. The summed E-state index contributed by atoms with van der Waals surface area (Å²) in [4.78, 5) is 0. The van der Waals surface area contributed by atoms with E-state index in [1.165, 1.54) is 12.3 Å². The Labute approximate surface area is 62.4 Å². The molecule has 0 saturated carbocycles. The van der Waals surface area contributed by atoms with Crippen LogP contribution in [0.3, 0.4) is 0 Å². The largest absolute Gasteiger partial charge is 0.466 e. The van der Waals surface area contributed by atoms with Crippen LogP contribution in [-0.2, 0) is 0 Å². The highest BCUT2D eigenvalue weighted by atomic mass is 19.3. The lowest BCUT2D eigenvalue weighted by atomic mass is 10.2. The molecule has 0 bridgehead atoms. The predicted octanol–water partition coefficient (Wildman–Crippen LogP) is 1.89. The molecule has 62 valence electrons. The third kappa shape index (κ3) is 1.57. The molecule has 0 aliphatic rings. The van der Waals surface area contributed by atoms with E-state index in [0.717, 1.165) is 0 Å². The molecule has 2 nitrogen and oxygen atoms in total. The number of furan rings is 1. The average molecular weight is 162 g/mol.